The third-order valence-electron chi connectivity index (χ3n) is 4.57. The number of ketones is 1. The first kappa shape index (κ1) is 19.3. The molecular formula is C22H22N3O3S+. The summed E-state index contributed by atoms with van der Waals surface area (Å²) in [6, 6.07) is 3.65. The maximum Gasteiger partial charge on any atom is 0.604 e. The zero-order chi connectivity index (χ0) is 20.6. The highest BCUT2D eigenvalue weighted by Gasteiger charge is 2.40. The largest absolute Gasteiger partial charge is 0.604 e. The normalized spacial score (nSPS) is 17.8. The number of aromatic nitrogens is 2. The number of pyridine rings is 1. The number of fused-ring (bicyclic) bond motifs is 1. The fourth-order valence-corrected chi connectivity index (χ4v) is 4.29. The van der Waals surface area contributed by atoms with Crippen molar-refractivity contribution < 1.29 is 18.9 Å². The van der Waals surface area contributed by atoms with E-state index in [9.17, 15) is 9.59 Å². The summed E-state index contributed by atoms with van der Waals surface area (Å²) in [5.41, 5.74) is 1.97. The molecule has 0 saturated carbocycles. The van der Waals surface area contributed by atoms with Crippen molar-refractivity contribution in [2.75, 3.05) is 0 Å². The quantitative estimate of drug-likeness (QED) is 0.472. The number of carbonyl (C=O) groups is 2. The van der Waals surface area contributed by atoms with Gasteiger partial charge in [0, 0.05) is 35.8 Å². The molecule has 148 valence electrons. The summed E-state index contributed by atoms with van der Waals surface area (Å²) < 4.78 is 6.97. The Kier molecular flexibility index (Phi) is 4.92. The first-order chi connectivity index (χ1) is 13.8. The Morgan fingerprint density at radius 3 is 2.90 bits per heavy atom. The van der Waals surface area contributed by atoms with Crippen molar-refractivity contribution in [2.45, 2.75) is 32.8 Å². The number of hydrogen-bond donors (Lipinski definition) is 1. The standard InChI is InChI=1S/C22H21N3O3S/c1-22(2,3)28-21(27)25-18(13-29-20(25)14-7-6-10-23-11-14)19(26)16-12-24-17-9-5-4-8-15(16)17/h4,6-13,15H,5H2,1-3H3/p+1. The van der Waals surface area contributed by atoms with E-state index in [2.05, 4.69) is 16.4 Å². The second-order valence-electron chi connectivity index (χ2n) is 7.86. The number of carbonyl (C=O) groups excluding carboxylic acids is 2. The van der Waals surface area contributed by atoms with Gasteiger partial charge in [-0.15, -0.1) is 0 Å². The Bertz CT molecular complexity index is 1060. The van der Waals surface area contributed by atoms with Gasteiger partial charge in [0.1, 0.15) is 5.60 Å². The van der Waals surface area contributed by atoms with Gasteiger partial charge in [0.25, 0.3) is 16.5 Å². The van der Waals surface area contributed by atoms with Gasteiger partial charge < -0.3 is 10.1 Å². The molecule has 6 nitrogen and oxygen atoms in total. The molecule has 1 N–H and O–H groups in total. The topological polar surface area (TPSA) is 72.2 Å². The molecule has 1 aliphatic carbocycles. The Balaban J connectivity index is 1.77. The lowest BCUT2D eigenvalue weighted by Crippen LogP contribution is -2.50. The second kappa shape index (κ2) is 7.40. The van der Waals surface area contributed by atoms with E-state index in [1.54, 1.807) is 50.8 Å². The van der Waals surface area contributed by atoms with E-state index in [0.717, 1.165) is 17.7 Å². The molecule has 4 rings (SSSR count). The summed E-state index contributed by atoms with van der Waals surface area (Å²) in [5, 5.41) is 5.50. The molecule has 2 aliphatic rings. The number of nitrogens with one attached hydrogen (secondary N) is 1. The minimum Gasteiger partial charge on any atom is -0.406 e. The maximum absolute atomic E-state index is 13.4. The lowest BCUT2D eigenvalue weighted by molar-refractivity contribution is -0.574. The molecule has 0 radical (unpaired) electrons. The molecule has 0 amide bonds. The highest BCUT2D eigenvalue weighted by Crippen LogP contribution is 2.32. The number of ether oxygens (including phenoxy) is 1. The molecule has 1 aliphatic heterocycles. The van der Waals surface area contributed by atoms with Crippen LogP contribution in [0.4, 0.5) is 4.79 Å². The summed E-state index contributed by atoms with van der Waals surface area (Å²) in [6.07, 6.45) is 11.5. The smallest absolute Gasteiger partial charge is 0.406 e. The van der Waals surface area contributed by atoms with E-state index >= 15 is 0 Å². The van der Waals surface area contributed by atoms with Crippen molar-refractivity contribution in [2.24, 2.45) is 5.92 Å². The van der Waals surface area contributed by atoms with Gasteiger partial charge in [-0.1, -0.05) is 34.1 Å². The lowest BCUT2D eigenvalue weighted by Gasteiger charge is -2.16. The van der Waals surface area contributed by atoms with Gasteiger partial charge in [-0.05, 0) is 39.3 Å². The molecule has 0 saturated heterocycles. The fourth-order valence-electron chi connectivity index (χ4n) is 3.32. The first-order valence-corrected chi connectivity index (χ1v) is 10.3. The van der Waals surface area contributed by atoms with E-state index in [1.807, 2.05) is 18.2 Å². The first-order valence-electron chi connectivity index (χ1n) is 9.40. The zero-order valence-corrected chi connectivity index (χ0v) is 17.3. The van der Waals surface area contributed by atoms with Crippen molar-refractivity contribution in [3.05, 3.63) is 71.3 Å². The number of Topliss-reactive ketones (excluding diaryl/α,β-unsaturated/α-hetero) is 1. The summed E-state index contributed by atoms with van der Waals surface area (Å²) in [4.78, 5) is 30.6. The predicted molar refractivity (Wildman–Crippen MR) is 110 cm³/mol. The van der Waals surface area contributed by atoms with Crippen LogP contribution in [0.25, 0.3) is 10.6 Å². The molecule has 0 aromatic carbocycles. The Morgan fingerprint density at radius 2 is 2.17 bits per heavy atom. The van der Waals surface area contributed by atoms with Crippen LogP contribution in [-0.2, 0) is 4.74 Å². The van der Waals surface area contributed by atoms with Crippen molar-refractivity contribution in [1.82, 2.24) is 10.3 Å². The summed E-state index contributed by atoms with van der Waals surface area (Å²) in [6.45, 7) is 5.41. The van der Waals surface area contributed by atoms with E-state index in [-0.39, 0.29) is 17.4 Å². The molecule has 0 fully saturated rings. The van der Waals surface area contributed by atoms with E-state index in [0.29, 0.717) is 10.6 Å². The summed E-state index contributed by atoms with van der Waals surface area (Å²) in [7, 11) is 0. The molecule has 7 heteroatoms. The zero-order valence-electron chi connectivity index (χ0n) is 16.5. The summed E-state index contributed by atoms with van der Waals surface area (Å²) >= 11 is 1.32. The third-order valence-corrected chi connectivity index (χ3v) is 5.56. The molecule has 0 bridgehead atoms. The Hall–Kier alpha value is -3.06. The molecule has 3 heterocycles. The van der Waals surface area contributed by atoms with E-state index in [4.69, 9.17) is 4.74 Å². The average molecular weight is 409 g/mol. The molecule has 29 heavy (non-hydrogen) atoms. The molecule has 0 spiro atoms. The molecular weight excluding hydrogens is 386 g/mol. The van der Waals surface area contributed by atoms with E-state index < -0.39 is 11.7 Å². The van der Waals surface area contributed by atoms with Crippen LogP contribution in [0.1, 0.15) is 37.7 Å². The average Bonchev–Trinajstić information content (AvgIpc) is 3.31. The number of rotatable bonds is 3. The predicted octanol–water partition coefficient (Wildman–Crippen LogP) is 4.01. The van der Waals surface area contributed by atoms with Gasteiger partial charge in [-0.2, -0.15) is 4.79 Å². The highest BCUT2D eigenvalue weighted by atomic mass is 32.1. The molecule has 1 atom stereocenters. The molecule has 2 aromatic heterocycles. The van der Waals surface area contributed by atoms with Crippen LogP contribution in [0, 0.1) is 5.92 Å². The van der Waals surface area contributed by atoms with Crippen molar-refractivity contribution in [3.63, 3.8) is 0 Å². The molecule has 1 unspecified atom stereocenters. The van der Waals surface area contributed by atoms with Gasteiger partial charge in [0.15, 0.2) is 0 Å². The van der Waals surface area contributed by atoms with Gasteiger partial charge in [-0.25, -0.2) is 0 Å². The van der Waals surface area contributed by atoms with Crippen LogP contribution in [0.5, 0.6) is 0 Å². The van der Waals surface area contributed by atoms with Crippen molar-refractivity contribution in [1.29, 1.82) is 0 Å². The van der Waals surface area contributed by atoms with E-state index in [1.165, 1.54) is 15.9 Å². The monoisotopic (exact) mass is 408 g/mol. The highest BCUT2D eigenvalue weighted by molar-refractivity contribution is 7.13. The van der Waals surface area contributed by atoms with Crippen LogP contribution < -0.4 is 9.88 Å². The summed E-state index contributed by atoms with van der Waals surface area (Å²) in [5.74, 6) is -0.306. The van der Waals surface area contributed by atoms with Gasteiger partial charge in [0.05, 0.1) is 10.9 Å². The minimum absolute atomic E-state index is 0.106. The van der Waals surface area contributed by atoms with Crippen LogP contribution >= 0.6 is 11.3 Å². The number of hydrogen-bond acceptors (Lipinski definition) is 6. The Labute approximate surface area is 173 Å². The van der Waals surface area contributed by atoms with Crippen LogP contribution in [0.2, 0.25) is 0 Å². The number of thiazole rings is 1. The molecule has 2 aromatic rings. The second-order valence-corrected chi connectivity index (χ2v) is 8.72. The maximum atomic E-state index is 13.4. The van der Waals surface area contributed by atoms with Crippen molar-refractivity contribution in [3.8, 4) is 10.6 Å². The van der Waals surface area contributed by atoms with Gasteiger partial charge in [-0.3, -0.25) is 9.78 Å². The number of allylic oxidation sites excluding steroid dienone is 3. The Morgan fingerprint density at radius 1 is 1.34 bits per heavy atom. The van der Waals surface area contributed by atoms with Gasteiger partial charge >= 0.3 is 6.09 Å². The SMILES string of the molecule is CC(C)(C)OC(=O)[n+]1c(C(=O)C2=CNC3=CCC=CC32)csc1-c1cccnc1. The van der Waals surface area contributed by atoms with Crippen LogP contribution in [0.3, 0.4) is 0 Å². The van der Waals surface area contributed by atoms with Crippen molar-refractivity contribution >= 4 is 23.2 Å². The third kappa shape index (κ3) is 3.78. The van der Waals surface area contributed by atoms with Crippen LogP contribution in [-0.4, -0.2) is 22.5 Å². The lowest BCUT2D eigenvalue weighted by atomic mass is 9.91. The van der Waals surface area contributed by atoms with Gasteiger partial charge in [0.2, 0.25) is 0 Å². The minimum atomic E-state index is -0.686. The fraction of sp³-hybridized carbons (Fsp3) is 0.273. The van der Waals surface area contributed by atoms with Crippen LogP contribution in [0.15, 0.2) is 65.6 Å². The number of nitrogens with zero attached hydrogens (tertiary/aromatic N) is 2.